The number of alkyl halides is 3. The summed E-state index contributed by atoms with van der Waals surface area (Å²) in [6.45, 7) is 0. The maximum Gasteiger partial charge on any atom is 0.416 e. The van der Waals surface area contributed by atoms with Crippen molar-refractivity contribution in [3.63, 3.8) is 0 Å². The second-order valence-corrected chi connectivity index (χ2v) is 7.66. The topological polar surface area (TPSA) is 110 Å². The molecule has 2 aromatic carbocycles. The smallest absolute Gasteiger partial charge is 0.325 e. The molecule has 1 N–H and O–H groups in total. The molecule has 2 aromatic rings. The Kier molecular flexibility index (Phi) is 6.29. The van der Waals surface area contributed by atoms with Gasteiger partial charge in [0.15, 0.2) is 0 Å². The van der Waals surface area contributed by atoms with Gasteiger partial charge in [0.1, 0.15) is 0 Å². The number of rotatable bonds is 6. The van der Waals surface area contributed by atoms with Gasteiger partial charge in [-0.25, -0.2) is 4.90 Å². The minimum Gasteiger partial charge on any atom is -0.325 e. The standard InChI is InChI=1S/C19H14F3N3O5S/c20-19(21,22)11-2-1-3-14(8-11)24-17(27)9-15(18(24)28)31-10-16(26)23-12-4-6-13(7-5-12)25(29)30/h1-8,15H,9-10H2,(H,23,26). The quantitative estimate of drug-likeness (QED) is 0.407. The number of carbonyl (C=O) groups excluding carboxylic acids is 3. The van der Waals surface area contributed by atoms with E-state index in [1.165, 1.54) is 30.3 Å². The Balaban J connectivity index is 1.61. The van der Waals surface area contributed by atoms with Crippen LogP contribution in [0.3, 0.4) is 0 Å². The third kappa shape index (κ3) is 5.20. The van der Waals surface area contributed by atoms with E-state index in [9.17, 15) is 37.7 Å². The van der Waals surface area contributed by atoms with E-state index in [-0.39, 0.29) is 23.5 Å². The highest BCUT2D eigenvalue weighted by atomic mass is 32.2. The minimum atomic E-state index is -4.62. The lowest BCUT2D eigenvalue weighted by Crippen LogP contribution is -2.31. The Hall–Kier alpha value is -3.41. The summed E-state index contributed by atoms with van der Waals surface area (Å²) in [5, 5.41) is 12.2. The van der Waals surface area contributed by atoms with Crippen molar-refractivity contribution in [3.8, 4) is 0 Å². The van der Waals surface area contributed by atoms with E-state index in [1.54, 1.807) is 0 Å². The number of thioether (sulfide) groups is 1. The lowest BCUT2D eigenvalue weighted by Gasteiger charge is -2.16. The molecule has 1 atom stereocenters. The molecule has 3 rings (SSSR count). The zero-order valence-electron chi connectivity index (χ0n) is 15.6. The Morgan fingerprint density at radius 1 is 1.19 bits per heavy atom. The molecule has 1 saturated heterocycles. The Bertz CT molecular complexity index is 1040. The van der Waals surface area contributed by atoms with Gasteiger partial charge in [0, 0.05) is 24.2 Å². The van der Waals surface area contributed by atoms with E-state index in [0.29, 0.717) is 10.6 Å². The normalized spacial score (nSPS) is 16.5. The van der Waals surface area contributed by atoms with Crippen molar-refractivity contribution in [2.45, 2.75) is 17.8 Å². The fourth-order valence-corrected chi connectivity index (χ4v) is 3.80. The van der Waals surface area contributed by atoms with Crippen LogP contribution in [0, 0.1) is 10.1 Å². The second kappa shape index (κ2) is 8.76. The summed E-state index contributed by atoms with van der Waals surface area (Å²) in [4.78, 5) is 47.6. The van der Waals surface area contributed by atoms with E-state index in [0.717, 1.165) is 30.0 Å². The summed E-state index contributed by atoms with van der Waals surface area (Å²) in [6.07, 6.45) is -4.86. The van der Waals surface area contributed by atoms with Crippen LogP contribution in [0.4, 0.5) is 30.2 Å². The van der Waals surface area contributed by atoms with Crippen LogP contribution >= 0.6 is 11.8 Å². The summed E-state index contributed by atoms with van der Waals surface area (Å²) in [6, 6.07) is 9.04. The summed E-state index contributed by atoms with van der Waals surface area (Å²) in [7, 11) is 0. The molecule has 0 saturated carbocycles. The van der Waals surface area contributed by atoms with Crippen molar-refractivity contribution < 1.29 is 32.5 Å². The molecule has 1 unspecified atom stereocenters. The third-order valence-electron chi connectivity index (χ3n) is 4.31. The van der Waals surface area contributed by atoms with Crippen LogP contribution in [0.25, 0.3) is 0 Å². The van der Waals surface area contributed by atoms with E-state index in [1.807, 2.05) is 0 Å². The monoisotopic (exact) mass is 453 g/mol. The van der Waals surface area contributed by atoms with Crippen LogP contribution in [-0.2, 0) is 20.6 Å². The number of imide groups is 1. The number of amides is 3. The minimum absolute atomic E-state index is 0.142. The van der Waals surface area contributed by atoms with Crippen molar-refractivity contribution in [2.24, 2.45) is 0 Å². The zero-order valence-corrected chi connectivity index (χ0v) is 16.4. The maximum absolute atomic E-state index is 12.9. The Labute approximate surface area is 177 Å². The average Bonchev–Trinajstić information content (AvgIpc) is 2.99. The first-order valence-corrected chi connectivity index (χ1v) is 9.81. The second-order valence-electron chi connectivity index (χ2n) is 6.47. The van der Waals surface area contributed by atoms with Gasteiger partial charge in [-0.3, -0.25) is 24.5 Å². The number of hydrogen-bond acceptors (Lipinski definition) is 6. The predicted molar refractivity (Wildman–Crippen MR) is 107 cm³/mol. The van der Waals surface area contributed by atoms with Gasteiger partial charge >= 0.3 is 6.18 Å². The molecule has 0 bridgehead atoms. The van der Waals surface area contributed by atoms with Gasteiger partial charge in [-0.2, -0.15) is 13.2 Å². The highest BCUT2D eigenvalue weighted by Crippen LogP contribution is 2.34. The highest BCUT2D eigenvalue weighted by molar-refractivity contribution is 8.01. The molecule has 0 aliphatic carbocycles. The van der Waals surface area contributed by atoms with Crippen LogP contribution in [0.2, 0.25) is 0 Å². The first kappa shape index (κ1) is 22.3. The van der Waals surface area contributed by atoms with Gasteiger partial charge in [-0.15, -0.1) is 11.8 Å². The predicted octanol–water partition coefficient (Wildman–Crippen LogP) is 3.62. The molecule has 1 aliphatic heterocycles. The first-order chi connectivity index (χ1) is 14.6. The molecule has 1 aliphatic rings. The number of nitro benzene ring substituents is 1. The molecule has 1 fully saturated rings. The number of hydrogen-bond donors (Lipinski definition) is 1. The highest BCUT2D eigenvalue weighted by Gasteiger charge is 2.41. The number of carbonyl (C=O) groups is 3. The summed E-state index contributed by atoms with van der Waals surface area (Å²) >= 11 is 0.885. The number of nitro groups is 1. The van der Waals surface area contributed by atoms with E-state index < -0.39 is 39.6 Å². The SMILES string of the molecule is O=C(CSC1CC(=O)N(c2cccc(C(F)(F)F)c2)C1=O)Nc1ccc([N+](=O)[O-])cc1. The molecule has 0 radical (unpaired) electrons. The third-order valence-corrected chi connectivity index (χ3v) is 5.51. The number of anilines is 2. The lowest BCUT2D eigenvalue weighted by atomic mass is 10.2. The number of benzene rings is 2. The molecule has 162 valence electrons. The molecular formula is C19H14F3N3O5S. The van der Waals surface area contributed by atoms with Gasteiger partial charge in [-0.05, 0) is 30.3 Å². The molecule has 0 aromatic heterocycles. The van der Waals surface area contributed by atoms with Crippen LogP contribution in [0.15, 0.2) is 48.5 Å². The molecule has 31 heavy (non-hydrogen) atoms. The van der Waals surface area contributed by atoms with Crippen molar-refractivity contribution in [2.75, 3.05) is 16.0 Å². The number of halogens is 3. The van der Waals surface area contributed by atoms with Crippen LogP contribution < -0.4 is 10.2 Å². The van der Waals surface area contributed by atoms with Crippen molar-refractivity contribution in [3.05, 3.63) is 64.2 Å². The zero-order chi connectivity index (χ0) is 22.8. The molecular weight excluding hydrogens is 439 g/mol. The van der Waals surface area contributed by atoms with Gasteiger partial charge in [0.05, 0.1) is 27.2 Å². The maximum atomic E-state index is 12.9. The molecule has 12 heteroatoms. The van der Waals surface area contributed by atoms with Gasteiger partial charge < -0.3 is 5.32 Å². The first-order valence-electron chi connectivity index (χ1n) is 8.76. The van der Waals surface area contributed by atoms with E-state index in [2.05, 4.69) is 5.32 Å². The molecule has 1 heterocycles. The number of nitrogens with zero attached hydrogens (tertiary/aromatic N) is 2. The Morgan fingerprint density at radius 3 is 2.48 bits per heavy atom. The molecule has 0 spiro atoms. The van der Waals surface area contributed by atoms with Crippen LogP contribution in [-0.4, -0.2) is 33.6 Å². The van der Waals surface area contributed by atoms with Gasteiger partial charge in [0.25, 0.3) is 5.69 Å². The number of non-ortho nitro benzene ring substituents is 1. The fourth-order valence-electron chi connectivity index (χ4n) is 2.87. The van der Waals surface area contributed by atoms with Gasteiger partial charge in [0.2, 0.25) is 17.7 Å². The average molecular weight is 453 g/mol. The van der Waals surface area contributed by atoms with Crippen molar-refractivity contribution >= 4 is 46.5 Å². The fraction of sp³-hybridized carbons (Fsp3) is 0.211. The lowest BCUT2D eigenvalue weighted by molar-refractivity contribution is -0.384. The summed E-state index contributed by atoms with van der Waals surface area (Å²) in [5.74, 6) is -2.05. The number of nitrogens with one attached hydrogen (secondary N) is 1. The molecule has 8 nitrogen and oxygen atoms in total. The summed E-state index contributed by atoms with van der Waals surface area (Å²) in [5.41, 5.74) is -0.986. The largest absolute Gasteiger partial charge is 0.416 e. The molecule has 3 amide bonds. The van der Waals surface area contributed by atoms with Gasteiger partial charge in [-0.1, -0.05) is 6.07 Å². The Morgan fingerprint density at radius 2 is 1.87 bits per heavy atom. The van der Waals surface area contributed by atoms with Crippen molar-refractivity contribution in [1.82, 2.24) is 0 Å². The van der Waals surface area contributed by atoms with Crippen LogP contribution in [0.1, 0.15) is 12.0 Å². The summed E-state index contributed by atoms with van der Waals surface area (Å²) < 4.78 is 38.7. The van der Waals surface area contributed by atoms with Crippen molar-refractivity contribution in [1.29, 1.82) is 0 Å². The van der Waals surface area contributed by atoms with Crippen LogP contribution in [0.5, 0.6) is 0 Å². The van der Waals surface area contributed by atoms with E-state index >= 15 is 0 Å². The van der Waals surface area contributed by atoms with E-state index in [4.69, 9.17) is 0 Å².